The fourth-order valence-electron chi connectivity index (χ4n) is 2.61. The Balaban J connectivity index is 2.34. The normalized spacial score (nSPS) is 28.6. The number of rotatable bonds is 10. The summed E-state index contributed by atoms with van der Waals surface area (Å²) in [5, 5.41) is 13.3. The first-order valence-corrected chi connectivity index (χ1v) is 12.8. The highest BCUT2D eigenvalue weighted by Crippen LogP contribution is 2.66. The molecular formula is C10H15F2N6O13P3. The number of hydrogen-bond acceptors (Lipinski definition) is 12. The van der Waals surface area contributed by atoms with Crippen molar-refractivity contribution in [3.63, 3.8) is 0 Å². The fourth-order valence-corrected chi connectivity index (χ4v) is 5.69. The van der Waals surface area contributed by atoms with E-state index in [1.54, 1.807) is 0 Å². The Morgan fingerprint density at radius 3 is 2.47 bits per heavy atom. The van der Waals surface area contributed by atoms with Crippen LogP contribution in [0.3, 0.4) is 0 Å². The summed E-state index contributed by atoms with van der Waals surface area (Å²) in [5.74, 6) is -2.13. The molecule has 1 aromatic heterocycles. The number of ether oxygens (including phenoxy) is 1. The number of nitrogens with zero attached hydrogens (tertiary/aromatic N) is 5. The average Bonchev–Trinajstić information content (AvgIpc) is 2.90. The molecule has 0 spiro atoms. The Kier molecular flexibility index (Phi) is 8.39. The SMILES string of the molecule is [N-]=[N+]=NC[C@]1(COP(=O)(O)OP(=O)(O)OP(=O)(O)O)OC(n2cc(F)c(N)nc2=O)[C@H](F)[C@@H]1O. The standard InChI is InChI=1S/C10H15F2N6O13P3/c11-4-1-18(9(20)16-7(4)13)8-5(12)6(19)10(29-8,2-15-17-14)3-28-33(24,25)31-34(26,27)30-32(21,22)23/h1,5-6,8,19H,2-3H2,(H,24,25)(H,26,27)(H2,13,16,20)(H2,21,22,23)/t5-,6+,8?,10-/m1/s1. The summed E-state index contributed by atoms with van der Waals surface area (Å²) in [6.45, 7) is -2.50. The lowest BCUT2D eigenvalue weighted by atomic mass is 9.97. The molecule has 1 aliphatic rings. The summed E-state index contributed by atoms with van der Waals surface area (Å²) >= 11 is 0. The highest BCUT2D eigenvalue weighted by molar-refractivity contribution is 7.66. The van der Waals surface area contributed by atoms with Crippen molar-refractivity contribution < 1.29 is 65.0 Å². The molecule has 0 aliphatic carbocycles. The molecule has 34 heavy (non-hydrogen) atoms. The summed E-state index contributed by atoms with van der Waals surface area (Å²) in [6, 6.07) is 0. The minimum atomic E-state index is -5.91. The van der Waals surface area contributed by atoms with Crippen LogP contribution < -0.4 is 11.4 Å². The van der Waals surface area contributed by atoms with E-state index in [2.05, 4.69) is 28.2 Å². The third kappa shape index (κ3) is 6.87. The minimum Gasteiger partial charge on any atom is -0.387 e. The van der Waals surface area contributed by atoms with E-state index in [0.717, 1.165) is 0 Å². The largest absolute Gasteiger partial charge is 0.490 e. The van der Waals surface area contributed by atoms with Gasteiger partial charge in [0.15, 0.2) is 24.0 Å². The van der Waals surface area contributed by atoms with Crippen LogP contribution in [0.2, 0.25) is 0 Å². The lowest BCUT2D eigenvalue weighted by Crippen LogP contribution is -2.48. The van der Waals surface area contributed by atoms with Crippen LogP contribution in [0.4, 0.5) is 14.6 Å². The van der Waals surface area contributed by atoms with Crippen LogP contribution in [0.25, 0.3) is 10.4 Å². The van der Waals surface area contributed by atoms with Gasteiger partial charge >= 0.3 is 29.2 Å². The number of nitrogens with two attached hydrogens (primary N) is 1. The Hall–Kier alpha value is -1.82. The molecule has 24 heteroatoms. The van der Waals surface area contributed by atoms with Crippen LogP contribution in [0.5, 0.6) is 0 Å². The van der Waals surface area contributed by atoms with Gasteiger partial charge in [-0.25, -0.2) is 27.3 Å². The number of nitrogen functional groups attached to an aromatic ring is 1. The van der Waals surface area contributed by atoms with Gasteiger partial charge in [0.05, 0.1) is 19.3 Å². The van der Waals surface area contributed by atoms with E-state index in [1.807, 2.05) is 0 Å². The van der Waals surface area contributed by atoms with Gasteiger partial charge in [0.25, 0.3) is 0 Å². The first-order chi connectivity index (χ1) is 15.4. The number of hydrogen-bond donors (Lipinski definition) is 6. The number of aliphatic hydroxyl groups is 1. The average molecular weight is 558 g/mol. The third-order valence-corrected chi connectivity index (χ3v) is 7.75. The van der Waals surface area contributed by atoms with Crippen molar-refractivity contribution in [2.24, 2.45) is 5.11 Å². The van der Waals surface area contributed by atoms with Gasteiger partial charge in [-0.05, 0) is 5.53 Å². The molecule has 3 unspecified atom stereocenters. The number of phosphoric ester groups is 1. The van der Waals surface area contributed by atoms with Gasteiger partial charge < -0.3 is 35.2 Å². The van der Waals surface area contributed by atoms with Crippen molar-refractivity contribution in [2.45, 2.75) is 24.1 Å². The fraction of sp³-hybridized carbons (Fsp3) is 0.600. The number of halogens is 2. The molecule has 7 N–H and O–H groups in total. The third-order valence-electron chi connectivity index (χ3n) is 3.97. The van der Waals surface area contributed by atoms with Gasteiger partial charge in [-0.3, -0.25) is 9.09 Å². The molecule has 0 saturated carbocycles. The summed E-state index contributed by atoms with van der Waals surface area (Å²) in [7, 11) is -17.4. The molecule has 0 aromatic carbocycles. The number of aromatic nitrogens is 2. The quantitative estimate of drug-likeness (QED) is 0.0920. The Morgan fingerprint density at radius 2 is 1.91 bits per heavy atom. The van der Waals surface area contributed by atoms with Gasteiger partial charge in [-0.15, -0.1) is 0 Å². The van der Waals surface area contributed by atoms with Crippen LogP contribution in [0.15, 0.2) is 16.1 Å². The van der Waals surface area contributed by atoms with E-state index in [4.69, 9.17) is 30.7 Å². The van der Waals surface area contributed by atoms with Crippen LogP contribution >= 0.6 is 23.5 Å². The number of azide groups is 1. The summed E-state index contributed by atoms with van der Waals surface area (Å²) < 4.78 is 79.3. The number of aliphatic hydroxyl groups excluding tert-OH is 1. The van der Waals surface area contributed by atoms with E-state index in [0.29, 0.717) is 6.20 Å². The van der Waals surface area contributed by atoms with Gasteiger partial charge in [0, 0.05) is 4.91 Å². The molecule has 1 aromatic rings. The Bertz CT molecular complexity index is 1190. The van der Waals surface area contributed by atoms with Gasteiger partial charge in [-0.2, -0.15) is 13.6 Å². The van der Waals surface area contributed by atoms with Crippen molar-refractivity contribution in [1.29, 1.82) is 0 Å². The van der Waals surface area contributed by atoms with Gasteiger partial charge in [0.1, 0.15) is 11.7 Å². The molecule has 0 amide bonds. The van der Waals surface area contributed by atoms with E-state index in [9.17, 15) is 37.3 Å². The van der Waals surface area contributed by atoms with Crippen molar-refractivity contribution >= 4 is 29.3 Å². The maximum Gasteiger partial charge on any atom is 0.490 e. The molecule has 19 nitrogen and oxygen atoms in total. The molecule has 1 aliphatic heterocycles. The molecule has 0 radical (unpaired) electrons. The molecule has 192 valence electrons. The monoisotopic (exact) mass is 558 g/mol. The lowest BCUT2D eigenvalue weighted by molar-refractivity contribution is -0.120. The van der Waals surface area contributed by atoms with E-state index in [-0.39, 0.29) is 4.57 Å². The van der Waals surface area contributed by atoms with Crippen LogP contribution in [0, 0.1) is 5.82 Å². The highest BCUT2D eigenvalue weighted by atomic mass is 31.3. The van der Waals surface area contributed by atoms with Crippen molar-refractivity contribution in [3.05, 3.63) is 32.9 Å². The first-order valence-electron chi connectivity index (χ1n) is 8.25. The predicted octanol–water partition coefficient (Wildman–Crippen LogP) is -0.415. The molecule has 6 atom stereocenters. The smallest absolute Gasteiger partial charge is 0.387 e. The zero-order valence-corrected chi connectivity index (χ0v) is 18.8. The van der Waals surface area contributed by atoms with Gasteiger partial charge in [-0.1, -0.05) is 5.11 Å². The van der Waals surface area contributed by atoms with Crippen molar-refractivity contribution in [1.82, 2.24) is 9.55 Å². The first kappa shape index (κ1) is 28.4. The number of alkyl halides is 1. The Morgan fingerprint density at radius 1 is 1.29 bits per heavy atom. The Labute approximate surface area is 185 Å². The number of phosphoric acid groups is 3. The second-order valence-corrected chi connectivity index (χ2v) is 10.8. The maximum absolute atomic E-state index is 14.8. The maximum atomic E-state index is 14.8. The van der Waals surface area contributed by atoms with Crippen LogP contribution in [-0.4, -0.2) is 65.3 Å². The van der Waals surface area contributed by atoms with Crippen molar-refractivity contribution in [3.8, 4) is 0 Å². The molecule has 1 fully saturated rings. The lowest BCUT2D eigenvalue weighted by Gasteiger charge is -2.30. The second kappa shape index (κ2) is 10.0. The molecule has 2 heterocycles. The van der Waals surface area contributed by atoms with Crippen molar-refractivity contribution in [2.75, 3.05) is 18.9 Å². The van der Waals surface area contributed by atoms with Gasteiger partial charge in [0.2, 0.25) is 0 Å². The van der Waals surface area contributed by atoms with E-state index < -0.39 is 78.0 Å². The molecule has 1 saturated heterocycles. The van der Waals surface area contributed by atoms with Crippen LogP contribution in [0.1, 0.15) is 6.23 Å². The molecule has 2 rings (SSSR count). The summed E-state index contributed by atoms with van der Waals surface area (Å²) in [5.41, 5.74) is 9.74. The zero-order valence-electron chi connectivity index (χ0n) is 16.1. The zero-order chi connectivity index (χ0) is 26.1. The summed E-state index contributed by atoms with van der Waals surface area (Å²) in [6.07, 6.45) is -6.78. The summed E-state index contributed by atoms with van der Waals surface area (Å²) in [4.78, 5) is 53.1. The molecular weight excluding hydrogens is 543 g/mol. The van der Waals surface area contributed by atoms with Crippen LogP contribution in [-0.2, 0) is 31.6 Å². The topological polar surface area (TPSA) is 299 Å². The highest BCUT2D eigenvalue weighted by Gasteiger charge is 2.57. The van der Waals surface area contributed by atoms with E-state index in [1.165, 1.54) is 0 Å². The van der Waals surface area contributed by atoms with E-state index >= 15 is 0 Å². The second-order valence-electron chi connectivity index (χ2n) is 6.38. The molecule has 0 bridgehead atoms. The number of anilines is 1. The predicted molar refractivity (Wildman–Crippen MR) is 100 cm³/mol. The minimum absolute atomic E-state index is 0.224.